The van der Waals surface area contributed by atoms with E-state index in [2.05, 4.69) is 197 Å². The summed E-state index contributed by atoms with van der Waals surface area (Å²) in [5.41, 5.74) is 13.9. The molecule has 0 aliphatic rings. The summed E-state index contributed by atoms with van der Waals surface area (Å²) in [6.45, 7) is 0. The number of benzene rings is 10. The highest BCUT2D eigenvalue weighted by atomic mass is 16.3. The number of hydrogen-bond donors (Lipinski definition) is 0. The molecule has 15 rings (SSSR count). The first kappa shape index (κ1) is 35.5. The first-order valence-electron chi connectivity index (χ1n) is 22.3. The lowest BCUT2D eigenvalue weighted by Crippen LogP contribution is -2.03. The minimum absolute atomic E-state index is 0.643. The van der Waals surface area contributed by atoms with E-state index in [1.54, 1.807) is 0 Å². The lowest BCUT2D eigenvalue weighted by atomic mass is 9.94. The Kier molecular flexibility index (Phi) is 7.13. The molecule has 66 heavy (non-hydrogen) atoms. The number of fused-ring (bicyclic) bond motifs is 18. The third-order valence-corrected chi connectivity index (χ3v) is 13.7. The summed E-state index contributed by atoms with van der Waals surface area (Å²) in [5, 5.41) is 12.3. The number of furan rings is 2. The Hall–Kier alpha value is -9.00. The fraction of sp³-hybridized carbons (Fsp3) is 0. The average Bonchev–Trinajstić information content (AvgIpc) is 4.14. The SMILES string of the molecule is c1ccc(-c2nc(-n3c4ccccc4c4cc(-c5ccc6c(c5)c5c7ccc8oc9ccccc9c8c7c7c8ccccc8oc7c5n6-c5ccccc5)ccc43)nc3ccccc23)cc1. The molecule has 0 aliphatic carbocycles. The van der Waals surface area contributed by atoms with Gasteiger partial charge in [-0.05, 0) is 89.3 Å². The Balaban J connectivity index is 1.02. The molecule has 10 aromatic carbocycles. The average molecular weight is 843 g/mol. The molecule has 0 aliphatic heterocycles. The Labute approximate surface area is 375 Å². The zero-order valence-electron chi connectivity index (χ0n) is 35.2. The van der Waals surface area contributed by atoms with Crippen LogP contribution >= 0.6 is 0 Å². The molecule has 0 spiro atoms. The van der Waals surface area contributed by atoms with Crippen molar-refractivity contribution in [3.05, 3.63) is 206 Å². The van der Waals surface area contributed by atoms with Gasteiger partial charge in [0.15, 0.2) is 5.58 Å². The zero-order chi connectivity index (χ0) is 43.0. The summed E-state index contributed by atoms with van der Waals surface area (Å²) >= 11 is 0. The first-order chi connectivity index (χ1) is 32.7. The van der Waals surface area contributed by atoms with Crippen molar-refractivity contribution >= 4 is 109 Å². The molecule has 0 N–H and O–H groups in total. The molecule has 6 nitrogen and oxygen atoms in total. The van der Waals surface area contributed by atoms with Crippen molar-refractivity contribution in [1.29, 1.82) is 0 Å². The largest absolute Gasteiger partial charge is 0.456 e. The minimum atomic E-state index is 0.643. The van der Waals surface area contributed by atoms with Crippen LogP contribution in [0.3, 0.4) is 0 Å². The third kappa shape index (κ3) is 4.84. The molecule has 0 bridgehead atoms. The molecule has 0 unspecified atom stereocenters. The van der Waals surface area contributed by atoms with Crippen LogP contribution in [0, 0.1) is 0 Å². The second-order valence-corrected chi connectivity index (χ2v) is 17.2. The van der Waals surface area contributed by atoms with Gasteiger partial charge >= 0.3 is 0 Å². The van der Waals surface area contributed by atoms with E-state index in [0.29, 0.717) is 5.95 Å². The lowest BCUT2D eigenvalue weighted by Gasteiger charge is -2.12. The summed E-state index contributed by atoms with van der Waals surface area (Å²) in [4.78, 5) is 10.5. The standard InChI is InChI=1S/C60H34N4O2/c1-3-15-35(16-4-1)57-40-20-7-11-23-46(40)61-60(62-57)64-47-24-12-8-19-39(47)44-33-36(27-30-48(44)64)37-28-31-49-45(34-37)53-43-29-32-52-54(41-21-9-13-25-50(41)65-52)55(43)56-42-22-10-14-26-51(42)66-59(56)58(53)63(49)38-17-5-2-6-18-38/h1-34H. The maximum atomic E-state index is 7.04. The minimum Gasteiger partial charge on any atom is -0.456 e. The molecular formula is C60H34N4O2. The van der Waals surface area contributed by atoms with Crippen LogP contribution < -0.4 is 0 Å². The van der Waals surface area contributed by atoms with E-state index in [4.69, 9.17) is 18.8 Å². The number of nitrogens with zero attached hydrogens (tertiary/aromatic N) is 4. The van der Waals surface area contributed by atoms with Crippen LogP contribution in [-0.4, -0.2) is 19.1 Å². The van der Waals surface area contributed by atoms with Crippen LogP contribution in [0.25, 0.3) is 143 Å². The van der Waals surface area contributed by atoms with Crippen molar-refractivity contribution in [3.8, 4) is 34.0 Å². The van der Waals surface area contributed by atoms with Crippen LogP contribution in [0.15, 0.2) is 215 Å². The molecule has 0 saturated carbocycles. The van der Waals surface area contributed by atoms with Gasteiger partial charge in [0.1, 0.15) is 16.7 Å². The number of para-hydroxylation sites is 5. The monoisotopic (exact) mass is 842 g/mol. The van der Waals surface area contributed by atoms with E-state index < -0.39 is 0 Å². The molecule has 5 heterocycles. The predicted octanol–water partition coefficient (Wildman–Crippen LogP) is 16.1. The number of hydrogen-bond acceptors (Lipinski definition) is 4. The highest BCUT2D eigenvalue weighted by molar-refractivity contribution is 6.41. The zero-order valence-corrected chi connectivity index (χ0v) is 35.2. The predicted molar refractivity (Wildman–Crippen MR) is 271 cm³/mol. The van der Waals surface area contributed by atoms with E-state index in [1.165, 1.54) is 0 Å². The molecule has 0 saturated heterocycles. The number of rotatable bonds is 4. The van der Waals surface area contributed by atoms with E-state index >= 15 is 0 Å². The molecule has 306 valence electrons. The second kappa shape index (κ2) is 13.3. The maximum absolute atomic E-state index is 7.04. The van der Waals surface area contributed by atoms with Crippen molar-refractivity contribution in [2.45, 2.75) is 0 Å². The lowest BCUT2D eigenvalue weighted by molar-refractivity contribution is 0.669. The van der Waals surface area contributed by atoms with Crippen LogP contribution in [0.5, 0.6) is 0 Å². The topological polar surface area (TPSA) is 61.9 Å². The summed E-state index contributed by atoms with van der Waals surface area (Å²) in [6, 6.07) is 72.8. The van der Waals surface area contributed by atoms with Crippen LogP contribution in [0.4, 0.5) is 0 Å². The van der Waals surface area contributed by atoms with Gasteiger partial charge in [0.05, 0.1) is 33.3 Å². The van der Waals surface area contributed by atoms with E-state index in [0.717, 1.165) is 137 Å². The van der Waals surface area contributed by atoms with Crippen molar-refractivity contribution < 1.29 is 8.83 Å². The first-order valence-corrected chi connectivity index (χ1v) is 22.3. The van der Waals surface area contributed by atoms with Crippen molar-refractivity contribution in [3.63, 3.8) is 0 Å². The Morgan fingerprint density at radius 1 is 0.333 bits per heavy atom. The Bertz CT molecular complexity index is 4520. The molecule has 6 heteroatoms. The van der Waals surface area contributed by atoms with Gasteiger partial charge in [-0.3, -0.25) is 4.57 Å². The van der Waals surface area contributed by atoms with E-state index in [1.807, 2.05) is 18.2 Å². The van der Waals surface area contributed by atoms with Gasteiger partial charge in [-0.2, -0.15) is 0 Å². The van der Waals surface area contributed by atoms with E-state index in [-0.39, 0.29) is 0 Å². The highest BCUT2D eigenvalue weighted by Gasteiger charge is 2.26. The molecule has 0 radical (unpaired) electrons. The Morgan fingerprint density at radius 3 is 1.73 bits per heavy atom. The van der Waals surface area contributed by atoms with Gasteiger partial charge < -0.3 is 13.4 Å². The van der Waals surface area contributed by atoms with Gasteiger partial charge in [0.2, 0.25) is 5.95 Å². The molecular weight excluding hydrogens is 809 g/mol. The molecule has 0 fully saturated rings. The highest BCUT2D eigenvalue weighted by Crippen LogP contribution is 2.50. The fourth-order valence-electron chi connectivity index (χ4n) is 10.9. The van der Waals surface area contributed by atoms with Crippen molar-refractivity contribution in [1.82, 2.24) is 19.1 Å². The summed E-state index contributed by atoms with van der Waals surface area (Å²) in [6.07, 6.45) is 0. The summed E-state index contributed by atoms with van der Waals surface area (Å²) in [5.74, 6) is 0.643. The maximum Gasteiger partial charge on any atom is 0.235 e. The summed E-state index contributed by atoms with van der Waals surface area (Å²) < 4.78 is 18.2. The van der Waals surface area contributed by atoms with Crippen LogP contribution in [0.2, 0.25) is 0 Å². The molecule has 15 aromatic rings. The van der Waals surface area contributed by atoms with Gasteiger partial charge in [-0.1, -0.05) is 133 Å². The van der Waals surface area contributed by atoms with Gasteiger partial charge in [0.25, 0.3) is 0 Å². The van der Waals surface area contributed by atoms with Gasteiger partial charge in [-0.25, -0.2) is 9.97 Å². The molecule has 0 atom stereocenters. The summed E-state index contributed by atoms with van der Waals surface area (Å²) in [7, 11) is 0. The van der Waals surface area contributed by atoms with Crippen molar-refractivity contribution in [2.24, 2.45) is 0 Å². The normalized spacial score (nSPS) is 12.2. The number of aromatic nitrogens is 4. The molecule has 0 amide bonds. The van der Waals surface area contributed by atoms with Crippen molar-refractivity contribution in [2.75, 3.05) is 0 Å². The third-order valence-electron chi connectivity index (χ3n) is 13.7. The quantitative estimate of drug-likeness (QED) is 0.177. The van der Waals surface area contributed by atoms with E-state index in [9.17, 15) is 0 Å². The van der Waals surface area contributed by atoms with Crippen LogP contribution in [0.1, 0.15) is 0 Å². The fourth-order valence-corrected chi connectivity index (χ4v) is 10.9. The van der Waals surface area contributed by atoms with Crippen LogP contribution in [-0.2, 0) is 0 Å². The second-order valence-electron chi connectivity index (χ2n) is 17.2. The smallest absolute Gasteiger partial charge is 0.235 e. The molecule has 5 aromatic heterocycles. The van der Waals surface area contributed by atoms with Gasteiger partial charge in [0, 0.05) is 65.1 Å². The van der Waals surface area contributed by atoms with Gasteiger partial charge in [-0.15, -0.1) is 0 Å². The Morgan fingerprint density at radius 2 is 0.939 bits per heavy atom.